The van der Waals surface area contributed by atoms with Crippen LogP contribution in [0.4, 0.5) is 0 Å². The Morgan fingerprint density at radius 3 is 2.58 bits per heavy atom. The quantitative estimate of drug-likeness (QED) is 0.832. The Hall–Kier alpha value is -1.10. The maximum atomic E-state index is 12.9. The van der Waals surface area contributed by atoms with Crippen LogP contribution in [0.5, 0.6) is 0 Å². The average molecular weight is 351 g/mol. The van der Waals surface area contributed by atoms with Gasteiger partial charge in [-0.1, -0.05) is 31.1 Å². The largest absolute Gasteiger partial charge is 0.336 e. The Morgan fingerprint density at radius 1 is 1.21 bits per heavy atom. The smallest absolute Gasteiger partial charge is 0.308 e. The van der Waals surface area contributed by atoms with Gasteiger partial charge in [0, 0.05) is 22.7 Å². The summed E-state index contributed by atoms with van der Waals surface area (Å²) < 4.78 is 1.78. The number of thiazole rings is 1. The molecule has 0 N–H and O–H groups in total. The van der Waals surface area contributed by atoms with Crippen LogP contribution in [-0.2, 0) is 24.2 Å². The molecule has 4 nitrogen and oxygen atoms in total. The lowest BCUT2D eigenvalue weighted by atomic mass is 9.88. The number of amides is 1. The number of likely N-dealkylation sites (tertiary alicyclic amines) is 1. The molecule has 2 aliphatic rings. The molecule has 1 aromatic heterocycles. The third-order valence-electron chi connectivity index (χ3n) is 5.81. The Balaban J connectivity index is 1.76. The minimum absolute atomic E-state index is 0.0582. The molecule has 0 radical (unpaired) electrons. The molecular weight excluding hydrogens is 320 g/mol. The van der Waals surface area contributed by atoms with E-state index < -0.39 is 0 Å². The molecule has 0 aromatic carbocycles. The highest BCUT2D eigenvalue weighted by molar-refractivity contribution is 7.09. The lowest BCUT2D eigenvalue weighted by Gasteiger charge is -2.39. The molecule has 0 bridgehead atoms. The van der Waals surface area contributed by atoms with Crippen molar-refractivity contribution in [2.75, 3.05) is 0 Å². The predicted molar refractivity (Wildman–Crippen MR) is 98.6 cm³/mol. The number of hydrogen-bond acceptors (Lipinski definition) is 3. The van der Waals surface area contributed by atoms with Crippen molar-refractivity contribution in [1.29, 1.82) is 0 Å². The molecule has 3 unspecified atom stereocenters. The average Bonchev–Trinajstić information content (AvgIpc) is 2.83. The fourth-order valence-electron chi connectivity index (χ4n) is 4.56. The van der Waals surface area contributed by atoms with Crippen LogP contribution in [0.1, 0.15) is 69.9 Å². The standard InChI is InChI=1S/C19H30N2O2S/c1-4-6-15-9-10-16-17(11-15)24-19(23)20(16)12-18(22)21-13(2)7-5-8-14(21)3/h13-15H,4-12H2,1-3H3. The maximum absolute atomic E-state index is 12.9. The normalized spacial score (nSPS) is 27.1. The van der Waals surface area contributed by atoms with Crippen molar-refractivity contribution >= 4 is 17.2 Å². The van der Waals surface area contributed by atoms with Crippen LogP contribution >= 0.6 is 11.3 Å². The first kappa shape index (κ1) is 17.7. The second kappa shape index (κ2) is 7.42. The highest BCUT2D eigenvalue weighted by Gasteiger charge is 2.31. The lowest BCUT2D eigenvalue weighted by Crippen LogP contribution is -2.49. The molecule has 1 aliphatic carbocycles. The van der Waals surface area contributed by atoms with Crippen molar-refractivity contribution in [3.05, 3.63) is 20.2 Å². The Labute approximate surface area is 148 Å². The van der Waals surface area contributed by atoms with Crippen LogP contribution < -0.4 is 4.87 Å². The summed E-state index contributed by atoms with van der Waals surface area (Å²) in [5.41, 5.74) is 1.14. The van der Waals surface area contributed by atoms with E-state index in [-0.39, 0.29) is 17.3 Å². The van der Waals surface area contributed by atoms with E-state index in [0.717, 1.165) is 37.8 Å². The fraction of sp³-hybridized carbons (Fsp3) is 0.789. The minimum atomic E-state index is 0.0582. The van der Waals surface area contributed by atoms with Gasteiger partial charge in [-0.05, 0) is 58.3 Å². The maximum Gasteiger partial charge on any atom is 0.308 e. The second-order valence-corrected chi connectivity index (χ2v) is 8.70. The topological polar surface area (TPSA) is 42.3 Å². The first-order valence-electron chi connectivity index (χ1n) is 9.53. The summed E-state index contributed by atoms with van der Waals surface area (Å²) in [6, 6.07) is 0.584. The van der Waals surface area contributed by atoms with Gasteiger partial charge in [0.05, 0.1) is 0 Å². The van der Waals surface area contributed by atoms with Gasteiger partial charge in [-0.15, -0.1) is 0 Å². The molecule has 0 spiro atoms. The highest BCUT2D eigenvalue weighted by atomic mass is 32.1. The fourth-order valence-corrected chi connectivity index (χ4v) is 5.71. The van der Waals surface area contributed by atoms with Gasteiger partial charge < -0.3 is 4.90 Å². The van der Waals surface area contributed by atoms with E-state index in [9.17, 15) is 9.59 Å². The predicted octanol–water partition coefficient (Wildman–Crippen LogP) is 3.60. The molecule has 2 heterocycles. The van der Waals surface area contributed by atoms with Crippen LogP contribution in [0.2, 0.25) is 0 Å². The van der Waals surface area contributed by atoms with E-state index in [1.807, 2.05) is 4.90 Å². The summed E-state index contributed by atoms with van der Waals surface area (Å²) in [5.74, 6) is 0.833. The zero-order valence-corrected chi connectivity index (χ0v) is 16.0. The van der Waals surface area contributed by atoms with E-state index in [2.05, 4.69) is 20.8 Å². The highest BCUT2D eigenvalue weighted by Crippen LogP contribution is 2.30. The Kier molecular flexibility index (Phi) is 5.48. The second-order valence-electron chi connectivity index (χ2n) is 7.65. The lowest BCUT2D eigenvalue weighted by molar-refractivity contribution is -0.138. The minimum Gasteiger partial charge on any atom is -0.336 e. The summed E-state index contributed by atoms with van der Waals surface area (Å²) in [5, 5.41) is 0. The molecule has 3 rings (SSSR count). The van der Waals surface area contributed by atoms with Crippen molar-refractivity contribution in [2.45, 2.75) is 90.8 Å². The van der Waals surface area contributed by atoms with Gasteiger partial charge >= 0.3 is 4.87 Å². The number of fused-ring (bicyclic) bond motifs is 1. The van der Waals surface area contributed by atoms with E-state index in [4.69, 9.17) is 0 Å². The van der Waals surface area contributed by atoms with Crippen molar-refractivity contribution in [3.8, 4) is 0 Å². The number of rotatable bonds is 4. The molecule has 134 valence electrons. The van der Waals surface area contributed by atoms with Gasteiger partial charge in [0.25, 0.3) is 0 Å². The van der Waals surface area contributed by atoms with Crippen LogP contribution in [0.25, 0.3) is 0 Å². The monoisotopic (exact) mass is 350 g/mol. The first-order chi connectivity index (χ1) is 11.5. The Morgan fingerprint density at radius 2 is 1.92 bits per heavy atom. The molecule has 1 aliphatic heterocycles. The van der Waals surface area contributed by atoms with E-state index >= 15 is 0 Å². The molecule has 1 fully saturated rings. The molecule has 1 aromatic rings. The molecule has 24 heavy (non-hydrogen) atoms. The van der Waals surface area contributed by atoms with Gasteiger partial charge in [0.2, 0.25) is 5.91 Å². The third-order valence-corrected chi connectivity index (χ3v) is 6.86. The van der Waals surface area contributed by atoms with Crippen molar-refractivity contribution in [3.63, 3.8) is 0 Å². The van der Waals surface area contributed by atoms with E-state index in [1.165, 1.54) is 35.5 Å². The first-order valence-corrected chi connectivity index (χ1v) is 10.4. The van der Waals surface area contributed by atoms with Gasteiger partial charge in [-0.3, -0.25) is 14.2 Å². The summed E-state index contributed by atoms with van der Waals surface area (Å²) in [4.78, 5) is 28.6. The van der Waals surface area contributed by atoms with Crippen LogP contribution in [0, 0.1) is 5.92 Å². The SMILES string of the molecule is CCCC1CCc2c(sc(=O)n2CC(=O)N2C(C)CCCC2C)C1. The van der Waals surface area contributed by atoms with E-state index in [0.29, 0.717) is 18.0 Å². The van der Waals surface area contributed by atoms with Gasteiger partial charge in [-0.2, -0.15) is 0 Å². The number of carbonyl (C=O) groups excluding carboxylic acids is 1. The van der Waals surface area contributed by atoms with Crippen LogP contribution in [0.15, 0.2) is 4.79 Å². The number of hydrogen-bond donors (Lipinski definition) is 0. The summed E-state index contributed by atoms with van der Waals surface area (Å²) in [7, 11) is 0. The van der Waals surface area contributed by atoms with Crippen molar-refractivity contribution in [1.82, 2.24) is 9.47 Å². The number of piperidine rings is 1. The molecule has 0 saturated carbocycles. The van der Waals surface area contributed by atoms with Crippen LogP contribution in [0.3, 0.4) is 0 Å². The van der Waals surface area contributed by atoms with Crippen LogP contribution in [-0.4, -0.2) is 27.5 Å². The Bertz CT molecular complexity index is 638. The molecular formula is C19H30N2O2S. The third kappa shape index (κ3) is 3.46. The summed E-state index contributed by atoms with van der Waals surface area (Å²) in [6.45, 7) is 6.73. The van der Waals surface area contributed by atoms with E-state index in [1.54, 1.807) is 4.57 Å². The van der Waals surface area contributed by atoms with Gasteiger partial charge in [0.1, 0.15) is 6.54 Å². The molecule has 1 amide bonds. The van der Waals surface area contributed by atoms with Crippen molar-refractivity contribution < 1.29 is 4.79 Å². The number of carbonyl (C=O) groups is 1. The zero-order valence-electron chi connectivity index (χ0n) is 15.2. The molecule has 5 heteroatoms. The number of aromatic nitrogens is 1. The zero-order chi connectivity index (χ0) is 17.3. The summed E-state index contributed by atoms with van der Waals surface area (Å²) >= 11 is 1.37. The van der Waals surface area contributed by atoms with Gasteiger partial charge in [0.15, 0.2) is 0 Å². The molecule has 3 atom stereocenters. The van der Waals surface area contributed by atoms with Gasteiger partial charge in [-0.25, -0.2) is 0 Å². The summed E-state index contributed by atoms with van der Waals surface area (Å²) in [6.07, 6.45) is 8.93. The molecule has 1 saturated heterocycles. The number of nitrogens with zero attached hydrogens (tertiary/aromatic N) is 2. The van der Waals surface area contributed by atoms with Crippen molar-refractivity contribution in [2.24, 2.45) is 5.92 Å².